The zero-order valence-corrected chi connectivity index (χ0v) is 12.2. The van der Waals surface area contributed by atoms with Gasteiger partial charge in [0.15, 0.2) is 10.4 Å². The van der Waals surface area contributed by atoms with Crippen molar-refractivity contribution in [1.29, 1.82) is 0 Å². The highest BCUT2D eigenvalue weighted by Crippen LogP contribution is 2.36. The van der Waals surface area contributed by atoms with Crippen LogP contribution in [0.15, 0.2) is 21.2 Å². The van der Waals surface area contributed by atoms with Gasteiger partial charge in [0.25, 0.3) is 5.91 Å². The first kappa shape index (κ1) is 14.1. The smallest absolute Gasteiger partial charge is 0.311 e. The third-order valence-corrected chi connectivity index (χ3v) is 4.23. The molecule has 0 bridgehead atoms. The van der Waals surface area contributed by atoms with Crippen LogP contribution in [0.25, 0.3) is 0 Å². The molecule has 1 aliphatic carbocycles. The van der Waals surface area contributed by atoms with E-state index in [0.29, 0.717) is 17.5 Å². The molecule has 0 aromatic carbocycles. The first-order valence-electron chi connectivity index (χ1n) is 6.23. The lowest BCUT2D eigenvalue weighted by Crippen LogP contribution is -2.52. The minimum atomic E-state index is -0.905. The Balaban J connectivity index is 2.12. The molecular formula is C13H16BrNO4. The molecule has 5 nitrogen and oxygen atoms in total. The van der Waals surface area contributed by atoms with E-state index in [0.717, 1.165) is 12.8 Å². The maximum absolute atomic E-state index is 12.0. The number of carbonyl (C=O) groups is 2. The molecule has 1 amide bonds. The van der Waals surface area contributed by atoms with Crippen LogP contribution in [0, 0.1) is 5.41 Å². The van der Waals surface area contributed by atoms with Crippen molar-refractivity contribution < 1.29 is 19.1 Å². The maximum Gasteiger partial charge on any atom is 0.311 e. The molecule has 0 spiro atoms. The van der Waals surface area contributed by atoms with Crippen LogP contribution in [0.2, 0.25) is 0 Å². The van der Waals surface area contributed by atoms with E-state index in [1.807, 2.05) is 0 Å². The molecule has 0 aliphatic heterocycles. The number of carboxylic acid groups (broad SMARTS) is 1. The second kappa shape index (κ2) is 5.36. The normalized spacial score (nSPS) is 26.9. The van der Waals surface area contributed by atoms with Crippen LogP contribution in [-0.4, -0.2) is 23.0 Å². The molecule has 1 heterocycles. The maximum atomic E-state index is 12.0. The van der Waals surface area contributed by atoms with E-state index in [2.05, 4.69) is 21.2 Å². The topological polar surface area (TPSA) is 79.5 Å². The number of furan rings is 1. The SMILES string of the molecule is CC1(C(=O)O)CCCCC1NC(=O)c1ccc(Br)o1. The van der Waals surface area contributed by atoms with Gasteiger partial charge < -0.3 is 14.8 Å². The summed E-state index contributed by atoms with van der Waals surface area (Å²) in [5, 5.41) is 12.2. The Hall–Kier alpha value is -1.30. The number of carbonyl (C=O) groups excluding carboxylic acids is 1. The van der Waals surface area contributed by atoms with Crippen molar-refractivity contribution in [3.63, 3.8) is 0 Å². The lowest BCUT2D eigenvalue weighted by atomic mass is 9.71. The highest BCUT2D eigenvalue weighted by atomic mass is 79.9. The molecule has 6 heteroatoms. The average Bonchev–Trinajstić information content (AvgIpc) is 2.79. The van der Waals surface area contributed by atoms with Crippen LogP contribution >= 0.6 is 15.9 Å². The second-order valence-corrected chi connectivity index (χ2v) is 5.88. The predicted octanol–water partition coefficient (Wildman–Crippen LogP) is 2.81. The fourth-order valence-electron chi connectivity index (χ4n) is 2.49. The molecule has 1 aliphatic rings. The van der Waals surface area contributed by atoms with Gasteiger partial charge in [-0.2, -0.15) is 0 Å². The van der Waals surface area contributed by atoms with Gasteiger partial charge in [-0.3, -0.25) is 9.59 Å². The van der Waals surface area contributed by atoms with E-state index in [4.69, 9.17) is 4.42 Å². The number of hydrogen-bond acceptors (Lipinski definition) is 3. The Labute approximate surface area is 119 Å². The molecule has 0 saturated heterocycles. The van der Waals surface area contributed by atoms with Gasteiger partial charge in [-0.05, 0) is 47.8 Å². The van der Waals surface area contributed by atoms with Crippen molar-refractivity contribution in [2.75, 3.05) is 0 Å². The Morgan fingerprint density at radius 3 is 2.79 bits per heavy atom. The van der Waals surface area contributed by atoms with E-state index in [1.165, 1.54) is 0 Å². The number of rotatable bonds is 3. The Bertz CT molecular complexity index is 499. The highest BCUT2D eigenvalue weighted by molar-refractivity contribution is 9.10. The number of carboxylic acids is 1. The quantitative estimate of drug-likeness (QED) is 0.893. The van der Waals surface area contributed by atoms with Gasteiger partial charge in [-0.15, -0.1) is 0 Å². The van der Waals surface area contributed by atoms with Crippen LogP contribution in [0.1, 0.15) is 43.2 Å². The Kier molecular flexibility index (Phi) is 3.99. The number of nitrogens with one attached hydrogen (secondary N) is 1. The fourth-order valence-corrected chi connectivity index (χ4v) is 2.79. The monoisotopic (exact) mass is 329 g/mol. The average molecular weight is 330 g/mol. The summed E-state index contributed by atoms with van der Waals surface area (Å²) in [6.07, 6.45) is 3.06. The minimum absolute atomic E-state index is 0.185. The van der Waals surface area contributed by atoms with Crippen molar-refractivity contribution in [2.45, 2.75) is 38.6 Å². The molecule has 2 atom stereocenters. The molecule has 2 unspecified atom stereocenters. The van der Waals surface area contributed by atoms with Gasteiger partial charge in [-0.25, -0.2) is 0 Å². The predicted molar refractivity (Wildman–Crippen MR) is 71.9 cm³/mol. The summed E-state index contributed by atoms with van der Waals surface area (Å²) in [4.78, 5) is 23.4. The number of halogens is 1. The molecule has 0 radical (unpaired) electrons. The fraction of sp³-hybridized carbons (Fsp3) is 0.538. The summed E-state index contributed by atoms with van der Waals surface area (Å²) < 4.78 is 5.65. The van der Waals surface area contributed by atoms with Crippen LogP contribution < -0.4 is 5.32 Å². The molecular weight excluding hydrogens is 314 g/mol. The molecule has 2 N–H and O–H groups in total. The van der Waals surface area contributed by atoms with Crippen LogP contribution in [-0.2, 0) is 4.79 Å². The Morgan fingerprint density at radius 1 is 1.47 bits per heavy atom. The van der Waals surface area contributed by atoms with Gasteiger partial charge >= 0.3 is 5.97 Å². The largest absolute Gasteiger partial charge is 0.481 e. The third-order valence-electron chi connectivity index (χ3n) is 3.80. The van der Waals surface area contributed by atoms with Crippen molar-refractivity contribution >= 4 is 27.8 Å². The minimum Gasteiger partial charge on any atom is -0.481 e. The van der Waals surface area contributed by atoms with E-state index in [1.54, 1.807) is 19.1 Å². The van der Waals surface area contributed by atoms with Crippen LogP contribution in [0.5, 0.6) is 0 Å². The molecule has 19 heavy (non-hydrogen) atoms. The molecule has 1 saturated carbocycles. The van der Waals surface area contributed by atoms with Gasteiger partial charge in [0.2, 0.25) is 0 Å². The van der Waals surface area contributed by atoms with Crippen molar-refractivity contribution in [3.05, 3.63) is 22.6 Å². The summed E-state index contributed by atoms with van der Waals surface area (Å²) >= 11 is 3.13. The van der Waals surface area contributed by atoms with Gasteiger partial charge in [0, 0.05) is 6.04 Å². The molecule has 1 aromatic heterocycles. The summed E-state index contributed by atoms with van der Waals surface area (Å²) in [7, 11) is 0. The summed E-state index contributed by atoms with van der Waals surface area (Å²) in [6.45, 7) is 1.69. The lowest BCUT2D eigenvalue weighted by molar-refractivity contribution is -0.151. The summed E-state index contributed by atoms with van der Waals surface area (Å²) in [5.41, 5.74) is -0.905. The zero-order valence-electron chi connectivity index (χ0n) is 10.6. The van der Waals surface area contributed by atoms with Gasteiger partial charge in [-0.1, -0.05) is 12.8 Å². The van der Waals surface area contributed by atoms with Gasteiger partial charge in [0.05, 0.1) is 5.41 Å². The van der Waals surface area contributed by atoms with Crippen molar-refractivity contribution in [2.24, 2.45) is 5.41 Å². The van der Waals surface area contributed by atoms with Gasteiger partial charge in [0.1, 0.15) is 0 Å². The van der Waals surface area contributed by atoms with E-state index in [-0.39, 0.29) is 17.7 Å². The third kappa shape index (κ3) is 2.83. The standard InChI is InChI=1S/C13H16BrNO4/c1-13(12(17)18)7-3-2-4-9(13)15-11(16)8-5-6-10(14)19-8/h5-6,9H,2-4,7H2,1H3,(H,15,16)(H,17,18). The first-order valence-corrected chi connectivity index (χ1v) is 7.02. The number of amides is 1. The number of hydrogen-bond donors (Lipinski definition) is 2. The number of aliphatic carboxylic acids is 1. The summed E-state index contributed by atoms with van der Waals surface area (Å²) in [6, 6.07) is 2.82. The van der Waals surface area contributed by atoms with Crippen molar-refractivity contribution in [3.8, 4) is 0 Å². The van der Waals surface area contributed by atoms with Crippen molar-refractivity contribution in [1.82, 2.24) is 5.32 Å². The lowest BCUT2D eigenvalue weighted by Gasteiger charge is -2.38. The van der Waals surface area contributed by atoms with E-state index < -0.39 is 11.4 Å². The zero-order chi connectivity index (χ0) is 14.0. The summed E-state index contributed by atoms with van der Waals surface area (Å²) in [5.74, 6) is -1.05. The first-order chi connectivity index (χ1) is 8.93. The van der Waals surface area contributed by atoms with E-state index in [9.17, 15) is 14.7 Å². The second-order valence-electron chi connectivity index (χ2n) is 5.10. The Morgan fingerprint density at radius 2 is 2.21 bits per heavy atom. The molecule has 1 aromatic rings. The highest BCUT2D eigenvalue weighted by Gasteiger charge is 2.44. The molecule has 1 fully saturated rings. The van der Waals surface area contributed by atoms with Crippen LogP contribution in [0.4, 0.5) is 0 Å². The van der Waals surface area contributed by atoms with E-state index >= 15 is 0 Å². The molecule has 104 valence electrons. The van der Waals surface area contributed by atoms with Crippen LogP contribution in [0.3, 0.4) is 0 Å². The molecule has 2 rings (SSSR count).